The summed E-state index contributed by atoms with van der Waals surface area (Å²) in [6, 6.07) is 12.2. The lowest BCUT2D eigenvalue weighted by atomic mass is 9.96. The van der Waals surface area contributed by atoms with Gasteiger partial charge in [0.1, 0.15) is 5.82 Å². The standard InChI is InChI=1S/C21H20ClFN2O/c1-13(14-2-5-16(23)6-3-14)10-21(26)25-9-8-20-18(12-25)17-11-15(22)4-7-19(17)24-20/h2-7,11,13,24H,8-10,12H2,1H3. The van der Waals surface area contributed by atoms with Gasteiger partial charge in [-0.3, -0.25) is 4.79 Å². The Balaban J connectivity index is 1.51. The monoisotopic (exact) mass is 370 g/mol. The summed E-state index contributed by atoms with van der Waals surface area (Å²) in [7, 11) is 0. The molecular weight excluding hydrogens is 351 g/mol. The van der Waals surface area contributed by atoms with Crippen LogP contribution in [-0.4, -0.2) is 22.3 Å². The van der Waals surface area contributed by atoms with Crippen molar-refractivity contribution in [2.24, 2.45) is 0 Å². The van der Waals surface area contributed by atoms with Crippen molar-refractivity contribution in [3.8, 4) is 0 Å². The van der Waals surface area contributed by atoms with Crippen LogP contribution < -0.4 is 0 Å². The third kappa shape index (κ3) is 3.21. The van der Waals surface area contributed by atoms with E-state index >= 15 is 0 Å². The highest BCUT2D eigenvalue weighted by Crippen LogP contribution is 2.30. The van der Waals surface area contributed by atoms with Crippen LogP contribution in [0.5, 0.6) is 0 Å². The number of H-pyrrole nitrogens is 1. The molecule has 26 heavy (non-hydrogen) atoms. The predicted molar refractivity (Wildman–Crippen MR) is 102 cm³/mol. The van der Waals surface area contributed by atoms with Crippen molar-refractivity contribution < 1.29 is 9.18 Å². The maximum Gasteiger partial charge on any atom is 0.223 e. The molecule has 2 aromatic carbocycles. The minimum atomic E-state index is -0.256. The molecule has 1 aromatic heterocycles. The molecule has 1 aliphatic heterocycles. The first-order valence-electron chi connectivity index (χ1n) is 8.83. The molecule has 3 aromatic rings. The van der Waals surface area contributed by atoms with E-state index in [1.54, 1.807) is 12.1 Å². The summed E-state index contributed by atoms with van der Waals surface area (Å²) in [5, 5.41) is 1.80. The zero-order chi connectivity index (χ0) is 18.3. The fraction of sp³-hybridized carbons (Fsp3) is 0.286. The second-order valence-corrected chi connectivity index (χ2v) is 7.43. The first-order chi connectivity index (χ1) is 12.5. The van der Waals surface area contributed by atoms with Crippen LogP contribution in [0.15, 0.2) is 42.5 Å². The first-order valence-corrected chi connectivity index (χ1v) is 9.21. The van der Waals surface area contributed by atoms with E-state index in [9.17, 15) is 9.18 Å². The number of nitrogens with zero attached hydrogens (tertiary/aromatic N) is 1. The van der Waals surface area contributed by atoms with Crippen molar-refractivity contribution in [3.63, 3.8) is 0 Å². The number of fused-ring (bicyclic) bond motifs is 3. The molecule has 134 valence electrons. The Morgan fingerprint density at radius 2 is 2.04 bits per heavy atom. The molecule has 1 unspecified atom stereocenters. The van der Waals surface area contributed by atoms with Gasteiger partial charge >= 0.3 is 0 Å². The fourth-order valence-electron chi connectivity index (χ4n) is 3.70. The lowest BCUT2D eigenvalue weighted by molar-refractivity contribution is -0.132. The molecule has 1 aliphatic rings. The number of aromatic amines is 1. The molecule has 4 rings (SSSR count). The Labute approximate surface area is 156 Å². The van der Waals surface area contributed by atoms with Crippen LogP contribution in [0.25, 0.3) is 10.9 Å². The molecule has 0 bridgehead atoms. The Bertz CT molecular complexity index is 964. The lowest BCUT2D eigenvalue weighted by Gasteiger charge is -2.28. The van der Waals surface area contributed by atoms with Crippen molar-refractivity contribution in [1.82, 2.24) is 9.88 Å². The third-order valence-electron chi connectivity index (χ3n) is 5.21. The van der Waals surface area contributed by atoms with E-state index in [1.165, 1.54) is 17.8 Å². The molecular formula is C21H20ClFN2O. The molecule has 1 atom stereocenters. The van der Waals surface area contributed by atoms with Gasteiger partial charge in [0, 0.05) is 53.1 Å². The van der Waals surface area contributed by atoms with E-state index in [-0.39, 0.29) is 17.6 Å². The molecule has 3 nitrogen and oxygen atoms in total. The summed E-state index contributed by atoms with van der Waals surface area (Å²) in [4.78, 5) is 18.2. The van der Waals surface area contributed by atoms with Gasteiger partial charge in [-0.25, -0.2) is 4.39 Å². The van der Waals surface area contributed by atoms with Crippen LogP contribution in [0, 0.1) is 5.82 Å². The molecule has 1 amide bonds. The van der Waals surface area contributed by atoms with Gasteiger partial charge in [0.2, 0.25) is 5.91 Å². The summed E-state index contributed by atoms with van der Waals surface area (Å²) in [6.07, 6.45) is 1.24. The summed E-state index contributed by atoms with van der Waals surface area (Å²) in [5.41, 5.74) is 4.40. The Morgan fingerprint density at radius 1 is 1.27 bits per heavy atom. The number of amides is 1. The summed E-state index contributed by atoms with van der Waals surface area (Å²) < 4.78 is 13.1. The fourth-order valence-corrected chi connectivity index (χ4v) is 3.87. The largest absolute Gasteiger partial charge is 0.358 e. The van der Waals surface area contributed by atoms with E-state index in [2.05, 4.69) is 4.98 Å². The number of hydrogen-bond acceptors (Lipinski definition) is 1. The van der Waals surface area contributed by atoms with Gasteiger partial charge in [-0.15, -0.1) is 0 Å². The first kappa shape index (κ1) is 17.1. The third-order valence-corrected chi connectivity index (χ3v) is 5.44. The maximum atomic E-state index is 13.1. The van der Waals surface area contributed by atoms with Crippen molar-refractivity contribution in [3.05, 3.63) is 70.1 Å². The Morgan fingerprint density at radius 3 is 2.81 bits per heavy atom. The second kappa shape index (κ2) is 6.76. The van der Waals surface area contributed by atoms with Gasteiger partial charge in [-0.05, 0) is 41.8 Å². The maximum absolute atomic E-state index is 13.1. The summed E-state index contributed by atoms with van der Waals surface area (Å²) >= 11 is 6.14. The van der Waals surface area contributed by atoms with E-state index < -0.39 is 0 Å². The summed E-state index contributed by atoms with van der Waals surface area (Å²) in [6.45, 7) is 3.32. The zero-order valence-corrected chi connectivity index (χ0v) is 15.3. The second-order valence-electron chi connectivity index (χ2n) is 6.99. The molecule has 5 heteroatoms. The molecule has 0 saturated carbocycles. The molecule has 0 fully saturated rings. The van der Waals surface area contributed by atoms with Crippen LogP contribution >= 0.6 is 11.6 Å². The number of rotatable bonds is 3. The molecule has 0 aliphatic carbocycles. The highest BCUT2D eigenvalue weighted by atomic mass is 35.5. The minimum Gasteiger partial charge on any atom is -0.358 e. The van der Waals surface area contributed by atoms with Crippen LogP contribution in [0.1, 0.15) is 36.1 Å². The Kier molecular flexibility index (Phi) is 4.45. The number of aromatic nitrogens is 1. The van der Waals surface area contributed by atoms with E-state index in [0.29, 0.717) is 24.5 Å². The van der Waals surface area contributed by atoms with Crippen molar-refractivity contribution in [2.75, 3.05) is 6.54 Å². The number of nitrogens with one attached hydrogen (secondary N) is 1. The van der Waals surface area contributed by atoms with Gasteiger partial charge in [0.15, 0.2) is 0 Å². The van der Waals surface area contributed by atoms with Gasteiger partial charge in [-0.1, -0.05) is 30.7 Å². The van der Waals surface area contributed by atoms with Crippen molar-refractivity contribution in [2.45, 2.75) is 32.2 Å². The van der Waals surface area contributed by atoms with Gasteiger partial charge in [-0.2, -0.15) is 0 Å². The number of benzene rings is 2. The van der Waals surface area contributed by atoms with Gasteiger partial charge in [0.25, 0.3) is 0 Å². The van der Waals surface area contributed by atoms with E-state index in [0.717, 1.165) is 28.5 Å². The minimum absolute atomic E-state index is 0.0573. The van der Waals surface area contributed by atoms with Crippen LogP contribution in [-0.2, 0) is 17.8 Å². The molecule has 1 N–H and O–H groups in total. The molecule has 0 spiro atoms. The van der Waals surface area contributed by atoms with Crippen LogP contribution in [0.2, 0.25) is 5.02 Å². The number of carbonyl (C=O) groups excluding carboxylic acids is 1. The lowest BCUT2D eigenvalue weighted by Crippen LogP contribution is -2.36. The molecule has 0 radical (unpaired) electrons. The van der Waals surface area contributed by atoms with Crippen LogP contribution in [0.3, 0.4) is 0 Å². The normalized spacial score (nSPS) is 15.1. The smallest absolute Gasteiger partial charge is 0.223 e. The average Bonchev–Trinajstić information content (AvgIpc) is 2.99. The quantitative estimate of drug-likeness (QED) is 0.689. The van der Waals surface area contributed by atoms with E-state index in [4.69, 9.17) is 11.6 Å². The highest BCUT2D eigenvalue weighted by molar-refractivity contribution is 6.31. The number of carbonyl (C=O) groups is 1. The van der Waals surface area contributed by atoms with Crippen molar-refractivity contribution in [1.29, 1.82) is 0 Å². The summed E-state index contributed by atoms with van der Waals surface area (Å²) in [5.74, 6) is -0.0698. The average molecular weight is 371 g/mol. The molecule has 0 saturated heterocycles. The highest BCUT2D eigenvalue weighted by Gasteiger charge is 2.25. The predicted octanol–water partition coefficient (Wildman–Crippen LogP) is 5.04. The molecule has 2 heterocycles. The van der Waals surface area contributed by atoms with Gasteiger partial charge in [0.05, 0.1) is 0 Å². The SMILES string of the molecule is CC(CC(=O)N1CCc2[nH]c3ccc(Cl)cc3c2C1)c1ccc(F)cc1. The van der Waals surface area contributed by atoms with Crippen molar-refractivity contribution >= 4 is 28.4 Å². The number of hydrogen-bond donors (Lipinski definition) is 1. The van der Waals surface area contributed by atoms with Gasteiger partial charge < -0.3 is 9.88 Å². The number of halogens is 2. The zero-order valence-electron chi connectivity index (χ0n) is 14.6. The Hall–Kier alpha value is -2.33. The van der Waals surface area contributed by atoms with Crippen LogP contribution in [0.4, 0.5) is 4.39 Å². The van der Waals surface area contributed by atoms with E-state index in [1.807, 2.05) is 30.0 Å². The topological polar surface area (TPSA) is 36.1 Å².